The monoisotopic (exact) mass is 494 g/mol. The van der Waals surface area contributed by atoms with Crippen LogP contribution in [0.5, 0.6) is 11.5 Å². The molecule has 1 fully saturated rings. The highest BCUT2D eigenvalue weighted by molar-refractivity contribution is 7.20. The van der Waals surface area contributed by atoms with E-state index in [2.05, 4.69) is 20.1 Å². The van der Waals surface area contributed by atoms with E-state index in [9.17, 15) is 9.18 Å². The number of hydrogen-bond acceptors (Lipinski definition) is 8. The zero-order valence-corrected chi connectivity index (χ0v) is 19.8. The molecule has 0 bridgehead atoms. The first kappa shape index (κ1) is 21.8. The van der Waals surface area contributed by atoms with Crippen molar-refractivity contribution >= 4 is 33.0 Å². The SMILES string of the molecule is C[C@@H](C(=O)Nc1ccc2c(c1)OCO2)N1CCN(c2nn3cc(-c4ccc(F)cc4)nc3s2)CC1. The minimum Gasteiger partial charge on any atom is -0.454 e. The van der Waals surface area contributed by atoms with Crippen LogP contribution in [0.3, 0.4) is 0 Å². The maximum Gasteiger partial charge on any atom is 0.241 e. The van der Waals surface area contributed by atoms with Crippen molar-refractivity contribution < 1.29 is 18.7 Å². The summed E-state index contributed by atoms with van der Waals surface area (Å²) in [5.41, 5.74) is 2.31. The Labute approximate surface area is 204 Å². The van der Waals surface area contributed by atoms with Crippen molar-refractivity contribution in [3.8, 4) is 22.8 Å². The largest absolute Gasteiger partial charge is 0.454 e. The average Bonchev–Trinajstić information content (AvgIpc) is 3.59. The highest BCUT2D eigenvalue weighted by Crippen LogP contribution is 2.34. The molecule has 180 valence electrons. The van der Waals surface area contributed by atoms with E-state index < -0.39 is 0 Å². The number of halogens is 1. The summed E-state index contributed by atoms with van der Waals surface area (Å²) in [7, 11) is 0. The van der Waals surface area contributed by atoms with Crippen molar-refractivity contribution in [1.29, 1.82) is 0 Å². The molecule has 35 heavy (non-hydrogen) atoms. The molecule has 4 heterocycles. The van der Waals surface area contributed by atoms with Gasteiger partial charge in [-0.15, -0.1) is 5.10 Å². The molecule has 2 aromatic heterocycles. The van der Waals surface area contributed by atoms with E-state index in [1.807, 2.05) is 19.2 Å². The summed E-state index contributed by atoms with van der Waals surface area (Å²) < 4.78 is 25.7. The van der Waals surface area contributed by atoms with Crippen LogP contribution in [0.2, 0.25) is 0 Å². The maximum absolute atomic E-state index is 13.2. The number of nitrogens with one attached hydrogen (secondary N) is 1. The van der Waals surface area contributed by atoms with Crippen LogP contribution in [0.25, 0.3) is 16.2 Å². The molecule has 1 atom stereocenters. The molecule has 6 rings (SSSR count). The van der Waals surface area contributed by atoms with Gasteiger partial charge < -0.3 is 19.7 Å². The van der Waals surface area contributed by atoms with Crippen molar-refractivity contribution in [1.82, 2.24) is 19.5 Å². The predicted octanol–water partition coefficient (Wildman–Crippen LogP) is 3.47. The molecule has 4 aromatic rings. The maximum atomic E-state index is 13.2. The van der Waals surface area contributed by atoms with Crippen LogP contribution < -0.4 is 19.7 Å². The molecule has 1 saturated heterocycles. The zero-order valence-electron chi connectivity index (χ0n) is 19.0. The third-order valence-corrected chi connectivity index (χ3v) is 7.31. The van der Waals surface area contributed by atoms with Crippen molar-refractivity contribution in [3.05, 3.63) is 54.5 Å². The highest BCUT2D eigenvalue weighted by atomic mass is 32.1. The number of aromatic nitrogens is 3. The van der Waals surface area contributed by atoms with E-state index in [1.165, 1.54) is 23.5 Å². The molecular weight excluding hydrogens is 471 g/mol. The fourth-order valence-electron chi connectivity index (χ4n) is 4.26. The van der Waals surface area contributed by atoms with Crippen molar-refractivity contribution in [3.63, 3.8) is 0 Å². The lowest BCUT2D eigenvalue weighted by molar-refractivity contribution is -0.120. The number of carbonyl (C=O) groups excluding carboxylic acids is 1. The Kier molecular flexibility index (Phi) is 5.50. The van der Waals surface area contributed by atoms with Crippen LogP contribution in [0, 0.1) is 5.82 Å². The average molecular weight is 495 g/mol. The molecular formula is C24H23FN6O3S. The van der Waals surface area contributed by atoms with Gasteiger partial charge in [0.15, 0.2) is 11.5 Å². The van der Waals surface area contributed by atoms with E-state index in [0.29, 0.717) is 17.2 Å². The molecule has 1 N–H and O–H groups in total. The highest BCUT2D eigenvalue weighted by Gasteiger charge is 2.27. The first-order chi connectivity index (χ1) is 17.0. The summed E-state index contributed by atoms with van der Waals surface area (Å²) >= 11 is 1.52. The molecule has 11 heteroatoms. The standard InChI is InChI=1S/C24H23FN6O3S/c1-15(22(32)26-18-6-7-20-21(12-18)34-14-33-20)29-8-10-30(11-9-29)24-28-31-13-19(27-23(31)35-24)16-2-4-17(25)5-3-16/h2-7,12-13,15H,8-11,14H2,1H3,(H,26,32)/t15-/m0/s1. The summed E-state index contributed by atoms with van der Waals surface area (Å²) in [6.07, 6.45) is 1.86. The second-order valence-electron chi connectivity index (χ2n) is 8.50. The number of benzene rings is 2. The van der Waals surface area contributed by atoms with E-state index in [4.69, 9.17) is 14.6 Å². The normalized spacial score (nSPS) is 16.6. The number of piperazine rings is 1. The van der Waals surface area contributed by atoms with Gasteiger partial charge in [-0.2, -0.15) is 0 Å². The molecule has 2 aliphatic rings. The molecule has 0 unspecified atom stereocenters. The molecule has 0 aliphatic carbocycles. The molecule has 1 amide bonds. The van der Waals surface area contributed by atoms with Crippen LogP contribution in [0.4, 0.5) is 15.2 Å². The third-order valence-electron chi connectivity index (χ3n) is 6.32. The minimum atomic E-state index is -0.269. The Morgan fingerprint density at radius 2 is 1.86 bits per heavy atom. The Balaban J connectivity index is 1.06. The lowest BCUT2D eigenvalue weighted by Crippen LogP contribution is -2.52. The lowest BCUT2D eigenvalue weighted by atomic mass is 10.2. The third kappa shape index (κ3) is 4.28. The second-order valence-corrected chi connectivity index (χ2v) is 9.44. The van der Waals surface area contributed by atoms with Crippen LogP contribution in [0.1, 0.15) is 6.92 Å². The number of hydrogen-bond donors (Lipinski definition) is 1. The van der Waals surface area contributed by atoms with E-state index >= 15 is 0 Å². The van der Waals surface area contributed by atoms with Crippen molar-refractivity contribution in [2.24, 2.45) is 0 Å². The summed E-state index contributed by atoms with van der Waals surface area (Å²) in [6, 6.07) is 11.4. The number of ether oxygens (including phenoxy) is 2. The Morgan fingerprint density at radius 1 is 1.09 bits per heavy atom. The van der Waals surface area contributed by atoms with E-state index in [0.717, 1.165) is 47.5 Å². The van der Waals surface area contributed by atoms with Crippen LogP contribution in [-0.2, 0) is 4.79 Å². The smallest absolute Gasteiger partial charge is 0.241 e. The van der Waals surface area contributed by atoms with Gasteiger partial charge in [-0.3, -0.25) is 9.69 Å². The number of rotatable bonds is 5. The van der Waals surface area contributed by atoms with Gasteiger partial charge in [0.2, 0.25) is 22.8 Å². The van der Waals surface area contributed by atoms with Crippen LogP contribution >= 0.6 is 11.3 Å². The molecule has 0 radical (unpaired) electrons. The number of imidazole rings is 1. The predicted molar refractivity (Wildman–Crippen MR) is 131 cm³/mol. The molecule has 2 aliphatic heterocycles. The first-order valence-corrected chi connectivity index (χ1v) is 12.2. The lowest BCUT2D eigenvalue weighted by Gasteiger charge is -2.37. The molecule has 2 aromatic carbocycles. The Bertz CT molecular complexity index is 1350. The van der Waals surface area contributed by atoms with Crippen molar-refractivity contribution in [2.75, 3.05) is 43.2 Å². The number of amides is 1. The van der Waals surface area contributed by atoms with Gasteiger partial charge in [-0.05, 0) is 43.3 Å². The van der Waals surface area contributed by atoms with Gasteiger partial charge in [-0.1, -0.05) is 11.3 Å². The summed E-state index contributed by atoms with van der Waals surface area (Å²) in [6.45, 7) is 5.16. The number of anilines is 2. The zero-order chi connectivity index (χ0) is 23.9. The fraction of sp³-hybridized carbons (Fsp3) is 0.292. The number of nitrogens with zero attached hydrogens (tertiary/aromatic N) is 5. The Hall–Kier alpha value is -3.70. The summed E-state index contributed by atoms with van der Waals surface area (Å²) in [5.74, 6) is 1.00. The number of fused-ring (bicyclic) bond motifs is 2. The van der Waals surface area contributed by atoms with Crippen LogP contribution in [0.15, 0.2) is 48.7 Å². The van der Waals surface area contributed by atoms with Crippen molar-refractivity contribution in [2.45, 2.75) is 13.0 Å². The van der Waals surface area contributed by atoms with Gasteiger partial charge in [0.25, 0.3) is 0 Å². The molecule has 0 saturated carbocycles. The Morgan fingerprint density at radius 3 is 2.63 bits per heavy atom. The van der Waals surface area contributed by atoms with Gasteiger partial charge in [-0.25, -0.2) is 13.9 Å². The van der Waals surface area contributed by atoms with E-state index in [1.54, 1.807) is 28.8 Å². The molecule has 0 spiro atoms. The van der Waals surface area contributed by atoms with Crippen LogP contribution in [-0.4, -0.2) is 64.4 Å². The van der Waals surface area contributed by atoms with Gasteiger partial charge >= 0.3 is 0 Å². The quantitative estimate of drug-likeness (QED) is 0.455. The molecule has 9 nitrogen and oxygen atoms in total. The van der Waals surface area contributed by atoms with Gasteiger partial charge in [0.1, 0.15) is 5.82 Å². The van der Waals surface area contributed by atoms with Gasteiger partial charge in [0.05, 0.1) is 17.9 Å². The fourth-order valence-corrected chi connectivity index (χ4v) is 5.20. The first-order valence-electron chi connectivity index (χ1n) is 11.4. The topological polar surface area (TPSA) is 84.2 Å². The van der Waals surface area contributed by atoms with E-state index in [-0.39, 0.29) is 24.6 Å². The summed E-state index contributed by atoms with van der Waals surface area (Å²) in [5, 5.41) is 8.57. The van der Waals surface area contributed by atoms with Gasteiger partial charge in [0, 0.05) is 43.5 Å². The summed E-state index contributed by atoms with van der Waals surface area (Å²) in [4.78, 5) is 22.7. The minimum absolute atomic E-state index is 0.0571. The second kappa shape index (κ2) is 8.82. The number of carbonyl (C=O) groups is 1.